The van der Waals surface area contributed by atoms with Gasteiger partial charge in [0.2, 0.25) is 0 Å². The van der Waals surface area contributed by atoms with Crippen molar-refractivity contribution in [3.05, 3.63) is 24.5 Å². The van der Waals surface area contributed by atoms with Crippen LogP contribution in [0, 0.1) is 0 Å². The van der Waals surface area contributed by atoms with Crippen LogP contribution in [0.15, 0.2) is 24.5 Å². The highest BCUT2D eigenvalue weighted by atomic mass is 15.3. The first-order chi connectivity index (χ1) is 12.7. The molecule has 3 heterocycles. The molecule has 0 saturated carbocycles. The van der Waals surface area contributed by atoms with Crippen molar-refractivity contribution in [1.82, 2.24) is 19.8 Å². The Bertz CT molecular complexity index is 732. The van der Waals surface area contributed by atoms with Gasteiger partial charge in [-0.15, -0.1) is 0 Å². The number of benzene rings is 1. The lowest BCUT2D eigenvalue weighted by atomic mass is 10.1. The molecule has 6 heteroatoms. The maximum atomic E-state index is 4.45. The molecule has 2 aliphatic heterocycles. The lowest BCUT2D eigenvalue weighted by molar-refractivity contribution is 0.215. The van der Waals surface area contributed by atoms with Gasteiger partial charge in [-0.25, -0.2) is 9.97 Å². The van der Waals surface area contributed by atoms with E-state index in [9.17, 15) is 0 Å². The molecule has 140 valence electrons. The molecule has 4 rings (SSSR count). The number of hydrogen-bond acceptors (Lipinski definition) is 6. The summed E-state index contributed by atoms with van der Waals surface area (Å²) < 4.78 is 0. The highest BCUT2D eigenvalue weighted by molar-refractivity contribution is 5.91. The number of likely N-dealkylation sites (tertiary alicyclic amines) is 1. The minimum atomic E-state index is 0.987. The van der Waals surface area contributed by atoms with Gasteiger partial charge in [-0.05, 0) is 44.1 Å². The monoisotopic (exact) mass is 354 g/mol. The third kappa shape index (κ3) is 3.76. The number of hydrogen-bond donors (Lipinski definition) is 0. The zero-order valence-electron chi connectivity index (χ0n) is 16.1. The van der Waals surface area contributed by atoms with Crippen LogP contribution in [0.5, 0.6) is 0 Å². The fourth-order valence-corrected chi connectivity index (χ4v) is 4.10. The lowest BCUT2D eigenvalue weighted by Gasteiger charge is -2.36. The number of anilines is 2. The quantitative estimate of drug-likeness (QED) is 0.817. The Hall–Kier alpha value is -1.92. The molecule has 0 N–H and O–H groups in total. The van der Waals surface area contributed by atoms with Gasteiger partial charge in [-0.2, -0.15) is 0 Å². The Morgan fingerprint density at radius 2 is 1.58 bits per heavy atom. The average Bonchev–Trinajstić information content (AvgIpc) is 3.19. The SMILES string of the molecule is CN(C)c1ncnc2ccc(N3CCN(CCN4CCCC4)CC3)cc12. The standard InChI is InChI=1S/C20H30N6/c1-23(2)20-18-15-17(5-6-19(18)21-16-22-20)26-13-11-25(12-14-26)10-9-24-7-3-4-8-24/h5-6,15-16H,3-4,7-14H2,1-2H3. The first-order valence-electron chi connectivity index (χ1n) is 9.82. The number of aromatic nitrogens is 2. The highest BCUT2D eigenvalue weighted by Gasteiger charge is 2.19. The molecule has 0 bridgehead atoms. The minimum Gasteiger partial charge on any atom is -0.369 e. The lowest BCUT2D eigenvalue weighted by Crippen LogP contribution is -2.48. The summed E-state index contributed by atoms with van der Waals surface area (Å²) in [6, 6.07) is 6.58. The molecule has 0 unspecified atom stereocenters. The smallest absolute Gasteiger partial charge is 0.139 e. The van der Waals surface area contributed by atoms with Crippen LogP contribution in [0.1, 0.15) is 12.8 Å². The van der Waals surface area contributed by atoms with Crippen LogP contribution in [0.25, 0.3) is 10.9 Å². The second-order valence-electron chi connectivity index (χ2n) is 7.67. The number of nitrogens with zero attached hydrogens (tertiary/aromatic N) is 6. The van der Waals surface area contributed by atoms with E-state index in [1.54, 1.807) is 6.33 Å². The third-order valence-electron chi connectivity index (χ3n) is 5.69. The molecule has 2 aliphatic rings. The topological polar surface area (TPSA) is 38.7 Å². The van der Waals surface area contributed by atoms with Crippen molar-refractivity contribution in [3.8, 4) is 0 Å². The summed E-state index contributed by atoms with van der Waals surface area (Å²) in [5.74, 6) is 0.987. The summed E-state index contributed by atoms with van der Waals surface area (Å²) in [5.41, 5.74) is 2.30. The Kier molecular flexibility index (Phi) is 5.22. The van der Waals surface area contributed by atoms with Crippen LogP contribution in [-0.4, -0.2) is 86.2 Å². The van der Waals surface area contributed by atoms with E-state index in [0.717, 1.165) is 42.9 Å². The van der Waals surface area contributed by atoms with Crippen molar-refractivity contribution in [2.24, 2.45) is 0 Å². The largest absolute Gasteiger partial charge is 0.369 e. The predicted molar refractivity (Wildman–Crippen MR) is 108 cm³/mol. The highest BCUT2D eigenvalue weighted by Crippen LogP contribution is 2.27. The van der Waals surface area contributed by atoms with Crippen LogP contribution in [0.2, 0.25) is 0 Å². The van der Waals surface area contributed by atoms with E-state index >= 15 is 0 Å². The molecule has 2 aromatic rings. The maximum Gasteiger partial charge on any atom is 0.139 e. The van der Waals surface area contributed by atoms with Crippen molar-refractivity contribution in [2.45, 2.75) is 12.8 Å². The van der Waals surface area contributed by atoms with E-state index in [2.05, 4.69) is 47.8 Å². The second-order valence-corrected chi connectivity index (χ2v) is 7.67. The number of fused-ring (bicyclic) bond motifs is 1. The van der Waals surface area contributed by atoms with Gasteiger partial charge in [0.05, 0.1) is 5.52 Å². The van der Waals surface area contributed by atoms with Crippen LogP contribution in [0.4, 0.5) is 11.5 Å². The van der Waals surface area contributed by atoms with Crippen LogP contribution in [-0.2, 0) is 0 Å². The third-order valence-corrected chi connectivity index (χ3v) is 5.69. The van der Waals surface area contributed by atoms with Gasteiger partial charge in [0.1, 0.15) is 12.1 Å². The van der Waals surface area contributed by atoms with Gasteiger partial charge in [0.25, 0.3) is 0 Å². The summed E-state index contributed by atoms with van der Waals surface area (Å²) in [6.45, 7) is 9.53. The Morgan fingerprint density at radius 3 is 2.27 bits per heavy atom. The second kappa shape index (κ2) is 7.76. The summed E-state index contributed by atoms with van der Waals surface area (Å²) in [6.07, 6.45) is 4.42. The summed E-state index contributed by atoms with van der Waals surface area (Å²) in [5, 5.41) is 1.13. The average molecular weight is 355 g/mol. The molecule has 0 spiro atoms. The normalized spacial score (nSPS) is 19.4. The van der Waals surface area contributed by atoms with E-state index in [4.69, 9.17) is 0 Å². The zero-order chi connectivity index (χ0) is 17.9. The van der Waals surface area contributed by atoms with Gasteiger partial charge in [0, 0.05) is 64.4 Å². The molecule has 6 nitrogen and oxygen atoms in total. The summed E-state index contributed by atoms with van der Waals surface area (Å²) >= 11 is 0. The van der Waals surface area contributed by atoms with Crippen molar-refractivity contribution in [2.75, 3.05) is 76.3 Å². The first-order valence-corrected chi connectivity index (χ1v) is 9.82. The Balaban J connectivity index is 1.40. The number of rotatable bonds is 5. The van der Waals surface area contributed by atoms with Gasteiger partial charge in [0.15, 0.2) is 0 Å². The van der Waals surface area contributed by atoms with E-state index in [0.29, 0.717) is 0 Å². The van der Waals surface area contributed by atoms with Crippen LogP contribution < -0.4 is 9.80 Å². The fourth-order valence-electron chi connectivity index (χ4n) is 4.10. The molecule has 2 fully saturated rings. The summed E-state index contributed by atoms with van der Waals surface area (Å²) in [7, 11) is 4.07. The van der Waals surface area contributed by atoms with E-state index in [1.807, 2.05) is 14.1 Å². The van der Waals surface area contributed by atoms with Crippen LogP contribution in [0.3, 0.4) is 0 Å². The van der Waals surface area contributed by atoms with E-state index < -0.39 is 0 Å². The van der Waals surface area contributed by atoms with Crippen molar-refractivity contribution < 1.29 is 0 Å². The molecule has 1 aromatic heterocycles. The van der Waals surface area contributed by atoms with Crippen molar-refractivity contribution >= 4 is 22.4 Å². The number of piperazine rings is 1. The Labute approximate surface area is 156 Å². The van der Waals surface area contributed by atoms with Crippen molar-refractivity contribution in [1.29, 1.82) is 0 Å². The molecular formula is C20H30N6. The van der Waals surface area contributed by atoms with E-state index in [-0.39, 0.29) is 0 Å². The molecular weight excluding hydrogens is 324 g/mol. The van der Waals surface area contributed by atoms with E-state index in [1.165, 1.54) is 44.7 Å². The Morgan fingerprint density at radius 1 is 0.885 bits per heavy atom. The fraction of sp³-hybridized carbons (Fsp3) is 0.600. The molecule has 0 atom stereocenters. The summed E-state index contributed by atoms with van der Waals surface area (Å²) in [4.78, 5) is 18.6. The predicted octanol–water partition coefficient (Wildman–Crippen LogP) is 1.91. The molecule has 0 amide bonds. The first kappa shape index (κ1) is 17.5. The van der Waals surface area contributed by atoms with Gasteiger partial charge in [-0.1, -0.05) is 0 Å². The molecule has 0 aliphatic carbocycles. The van der Waals surface area contributed by atoms with Gasteiger partial charge >= 0.3 is 0 Å². The maximum absolute atomic E-state index is 4.45. The molecule has 1 aromatic carbocycles. The van der Waals surface area contributed by atoms with Crippen molar-refractivity contribution in [3.63, 3.8) is 0 Å². The van der Waals surface area contributed by atoms with Crippen LogP contribution >= 0.6 is 0 Å². The zero-order valence-corrected chi connectivity index (χ0v) is 16.1. The molecule has 2 saturated heterocycles. The van der Waals surface area contributed by atoms with Gasteiger partial charge < -0.3 is 14.7 Å². The van der Waals surface area contributed by atoms with Gasteiger partial charge in [-0.3, -0.25) is 4.90 Å². The molecule has 0 radical (unpaired) electrons. The minimum absolute atomic E-state index is 0.987. The molecule has 26 heavy (non-hydrogen) atoms.